The zero-order valence-electron chi connectivity index (χ0n) is 11.5. The number of ether oxygens (including phenoxy) is 1. The fourth-order valence-electron chi connectivity index (χ4n) is 2.34. The average Bonchev–Trinajstić information content (AvgIpc) is 2.63. The van der Waals surface area contributed by atoms with E-state index in [0.29, 0.717) is 5.92 Å². The van der Waals surface area contributed by atoms with Gasteiger partial charge in [0.25, 0.3) is 0 Å². The van der Waals surface area contributed by atoms with Gasteiger partial charge in [-0.05, 0) is 25.3 Å². The maximum atomic E-state index is 8.99. The van der Waals surface area contributed by atoms with Crippen LogP contribution in [0.25, 0.3) is 0 Å². The Labute approximate surface area is 109 Å². The third kappa shape index (κ3) is 3.03. The maximum absolute atomic E-state index is 8.99. The normalized spacial score (nSPS) is 18.2. The maximum Gasteiger partial charge on any atom is 0.127 e. The molecule has 2 N–H and O–H groups in total. The standard InChI is InChI=1S/C15H23NO2/c1-11(10-17)8-16-9-13-6-4-5-12-7-15(2,3)18-14(12)13/h4-6,11,16-17H,7-10H2,1-3H3. The average molecular weight is 249 g/mol. The first-order chi connectivity index (χ1) is 8.52. The Kier molecular flexibility index (Phi) is 3.93. The number of hydrogen-bond acceptors (Lipinski definition) is 3. The number of nitrogens with one attached hydrogen (secondary N) is 1. The molecule has 0 amide bonds. The molecular weight excluding hydrogens is 226 g/mol. The molecule has 1 unspecified atom stereocenters. The summed E-state index contributed by atoms with van der Waals surface area (Å²) in [6.07, 6.45) is 0.975. The Hall–Kier alpha value is -1.06. The Morgan fingerprint density at radius 2 is 2.22 bits per heavy atom. The summed E-state index contributed by atoms with van der Waals surface area (Å²) in [4.78, 5) is 0. The van der Waals surface area contributed by atoms with Crippen molar-refractivity contribution in [3.8, 4) is 5.75 Å². The quantitative estimate of drug-likeness (QED) is 0.840. The summed E-state index contributed by atoms with van der Waals surface area (Å²) < 4.78 is 6.02. The van der Waals surface area contributed by atoms with E-state index in [-0.39, 0.29) is 12.2 Å². The SMILES string of the molecule is CC(CO)CNCc1cccc2c1OC(C)(C)C2. The lowest BCUT2D eigenvalue weighted by molar-refractivity contribution is 0.137. The molecule has 0 radical (unpaired) electrons. The molecule has 1 aliphatic rings. The van der Waals surface area contributed by atoms with Crippen molar-refractivity contribution in [1.82, 2.24) is 5.32 Å². The van der Waals surface area contributed by atoms with E-state index in [9.17, 15) is 0 Å². The number of hydrogen-bond donors (Lipinski definition) is 2. The largest absolute Gasteiger partial charge is 0.487 e. The van der Waals surface area contributed by atoms with Crippen molar-refractivity contribution in [2.45, 2.75) is 39.3 Å². The molecule has 0 aliphatic carbocycles. The topological polar surface area (TPSA) is 41.5 Å². The zero-order chi connectivity index (χ0) is 13.2. The molecule has 1 aromatic carbocycles. The lowest BCUT2D eigenvalue weighted by atomic mass is 10.0. The van der Waals surface area contributed by atoms with Gasteiger partial charge in [-0.15, -0.1) is 0 Å². The predicted octanol–water partition coefficient (Wildman–Crippen LogP) is 2.12. The fraction of sp³-hybridized carbons (Fsp3) is 0.600. The van der Waals surface area contributed by atoms with E-state index >= 15 is 0 Å². The molecule has 1 aliphatic heterocycles. The number of para-hydroxylation sites is 1. The molecule has 100 valence electrons. The monoisotopic (exact) mass is 249 g/mol. The van der Waals surface area contributed by atoms with Crippen LogP contribution in [0.5, 0.6) is 5.75 Å². The van der Waals surface area contributed by atoms with Crippen molar-refractivity contribution in [3.05, 3.63) is 29.3 Å². The molecule has 3 nitrogen and oxygen atoms in total. The molecule has 2 rings (SSSR count). The smallest absolute Gasteiger partial charge is 0.127 e. The third-order valence-electron chi connectivity index (χ3n) is 3.29. The van der Waals surface area contributed by atoms with Crippen LogP contribution >= 0.6 is 0 Å². The highest BCUT2D eigenvalue weighted by Crippen LogP contribution is 2.37. The number of rotatable bonds is 5. The van der Waals surface area contributed by atoms with Gasteiger partial charge in [-0.3, -0.25) is 0 Å². The number of benzene rings is 1. The molecule has 3 heteroatoms. The Morgan fingerprint density at radius 3 is 2.94 bits per heavy atom. The van der Waals surface area contributed by atoms with E-state index in [1.807, 2.05) is 6.92 Å². The lowest BCUT2D eigenvalue weighted by Crippen LogP contribution is -2.25. The van der Waals surface area contributed by atoms with Crippen LogP contribution in [-0.4, -0.2) is 23.9 Å². The summed E-state index contributed by atoms with van der Waals surface area (Å²) in [6, 6.07) is 6.34. The summed E-state index contributed by atoms with van der Waals surface area (Å²) in [7, 11) is 0. The van der Waals surface area contributed by atoms with Gasteiger partial charge in [-0.1, -0.05) is 25.1 Å². The Balaban J connectivity index is 2.01. The van der Waals surface area contributed by atoms with Crippen molar-refractivity contribution in [2.24, 2.45) is 5.92 Å². The first-order valence-corrected chi connectivity index (χ1v) is 6.63. The second-order valence-electron chi connectivity index (χ2n) is 5.86. The molecule has 0 spiro atoms. The molecule has 0 bridgehead atoms. The van der Waals surface area contributed by atoms with Crippen molar-refractivity contribution in [2.75, 3.05) is 13.2 Å². The highest BCUT2D eigenvalue weighted by Gasteiger charge is 2.31. The Morgan fingerprint density at radius 1 is 1.44 bits per heavy atom. The van der Waals surface area contributed by atoms with Crippen LogP contribution in [0.15, 0.2) is 18.2 Å². The molecule has 0 saturated carbocycles. The van der Waals surface area contributed by atoms with Gasteiger partial charge < -0.3 is 15.2 Å². The molecule has 0 fully saturated rings. The van der Waals surface area contributed by atoms with E-state index in [0.717, 1.165) is 25.3 Å². The van der Waals surface area contributed by atoms with Gasteiger partial charge in [-0.2, -0.15) is 0 Å². The highest BCUT2D eigenvalue weighted by atomic mass is 16.5. The van der Waals surface area contributed by atoms with Gasteiger partial charge in [0, 0.05) is 31.7 Å². The van der Waals surface area contributed by atoms with Crippen molar-refractivity contribution >= 4 is 0 Å². The van der Waals surface area contributed by atoms with Gasteiger partial charge in [0.1, 0.15) is 11.4 Å². The zero-order valence-corrected chi connectivity index (χ0v) is 11.5. The van der Waals surface area contributed by atoms with Gasteiger partial charge in [-0.25, -0.2) is 0 Å². The van der Waals surface area contributed by atoms with Gasteiger partial charge in [0.15, 0.2) is 0 Å². The second kappa shape index (κ2) is 5.29. The third-order valence-corrected chi connectivity index (χ3v) is 3.29. The van der Waals surface area contributed by atoms with Crippen molar-refractivity contribution in [3.63, 3.8) is 0 Å². The highest BCUT2D eigenvalue weighted by molar-refractivity contribution is 5.45. The summed E-state index contributed by atoms with van der Waals surface area (Å²) in [5.74, 6) is 1.34. The first-order valence-electron chi connectivity index (χ1n) is 6.63. The van der Waals surface area contributed by atoms with Gasteiger partial charge in [0.05, 0.1) is 0 Å². The van der Waals surface area contributed by atoms with Gasteiger partial charge >= 0.3 is 0 Å². The van der Waals surface area contributed by atoms with Crippen LogP contribution in [0.2, 0.25) is 0 Å². The lowest BCUT2D eigenvalue weighted by Gasteiger charge is -2.18. The molecule has 18 heavy (non-hydrogen) atoms. The molecule has 0 saturated heterocycles. The van der Waals surface area contributed by atoms with Crippen LogP contribution in [0.4, 0.5) is 0 Å². The van der Waals surface area contributed by atoms with Crippen LogP contribution < -0.4 is 10.1 Å². The summed E-state index contributed by atoms with van der Waals surface area (Å²) in [5, 5.41) is 12.4. The van der Waals surface area contributed by atoms with Crippen LogP contribution in [0, 0.1) is 5.92 Å². The second-order valence-corrected chi connectivity index (χ2v) is 5.86. The number of aliphatic hydroxyl groups is 1. The molecular formula is C15H23NO2. The first kappa shape index (κ1) is 13.4. The summed E-state index contributed by atoms with van der Waals surface area (Å²) in [6.45, 7) is 8.12. The minimum absolute atomic E-state index is 0.0865. The van der Waals surface area contributed by atoms with Crippen molar-refractivity contribution in [1.29, 1.82) is 0 Å². The fourth-order valence-corrected chi connectivity index (χ4v) is 2.34. The molecule has 0 aromatic heterocycles. The van der Waals surface area contributed by atoms with Crippen LogP contribution in [-0.2, 0) is 13.0 Å². The number of fused-ring (bicyclic) bond motifs is 1. The molecule has 1 atom stereocenters. The minimum Gasteiger partial charge on any atom is -0.487 e. The van der Waals surface area contributed by atoms with Gasteiger partial charge in [0.2, 0.25) is 0 Å². The van der Waals surface area contributed by atoms with E-state index in [4.69, 9.17) is 9.84 Å². The van der Waals surface area contributed by atoms with E-state index < -0.39 is 0 Å². The predicted molar refractivity (Wildman–Crippen MR) is 72.8 cm³/mol. The van der Waals surface area contributed by atoms with Crippen LogP contribution in [0.1, 0.15) is 31.9 Å². The Bertz CT molecular complexity index is 415. The van der Waals surface area contributed by atoms with Crippen LogP contribution in [0.3, 0.4) is 0 Å². The number of aliphatic hydroxyl groups excluding tert-OH is 1. The summed E-state index contributed by atoms with van der Waals surface area (Å²) in [5.41, 5.74) is 2.43. The van der Waals surface area contributed by atoms with E-state index in [1.54, 1.807) is 0 Å². The molecule has 1 aromatic rings. The van der Waals surface area contributed by atoms with Crippen molar-refractivity contribution < 1.29 is 9.84 Å². The molecule has 1 heterocycles. The van der Waals surface area contributed by atoms with E-state index in [1.165, 1.54) is 11.1 Å². The minimum atomic E-state index is -0.0865. The van der Waals surface area contributed by atoms with E-state index in [2.05, 4.69) is 37.4 Å². The summed E-state index contributed by atoms with van der Waals surface area (Å²) >= 11 is 0.